The van der Waals surface area contributed by atoms with Crippen LogP contribution in [0, 0.1) is 0 Å². The van der Waals surface area contributed by atoms with Crippen molar-refractivity contribution >= 4 is 16.9 Å². The molecule has 34 heavy (non-hydrogen) atoms. The van der Waals surface area contributed by atoms with E-state index in [-0.39, 0.29) is 17.4 Å². The number of nitrogens with zero attached hydrogens (tertiary/aromatic N) is 3. The van der Waals surface area contributed by atoms with Crippen LogP contribution in [0.3, 0.4) is 0 Å². The predicted octanol–water partition coefficient (Wildman–Crippen LogP) is 5.17. The molecular weight excluding hydrogens is 449 g/mol. The number of halogens is 3. The van der Waals surface area contributed by atoms with E-state index < -0.39 is 23.4 Å². The van der Waals surface area contributed by atoms with E-state index in [0.29, 0.717) is 35.7 Å². The number of aromatic nitrogens is 3. The van der Waals surface area contributed by atoms with Crippen molar-refractivity contribution in [2.45, 2.75) is 64.9 Å². The molecule has 10 heteroatoms. The second-order valence-corrected chi connectivity index (χ2v) is 9.10. The molecule has 2 heterocycles. The van der Waals surface area contributed by atoms with Crippen LogP contribution < -0.4 is 10.9 Å². The highest BCUT2D eigenvalue weighted by atomic mass is 19.4. The van der Waals surface area contributed by atoms with Gasteiger partial charge in [-0.15, -0.1) is 0 Å². The first kappa shape index (κ1) is 25.2. The highest BCUT2D eigenvalue weighted by Crippen LogP contribution is 2.29. The maximum absolute atomic E-state index is 12.9. The van der Waals surface area contributed by atoms with Crippen molar-refractivity contribution in [2.24, 2.45) is 0 Å². The Hall–Kier alpha value is -3.43. The van der Waals surface area contributed by atoms with Gasteiger partial charge in [-0.05, 0) is 64.1 Å². The molecule has 0 saturated heterocycles. The van der Waals surface area contributed by atoms with Gasteiger partial charge < -0.3 is 14.6 Å². The van der Waals surface area contributed by atoms with Crippen molar-refractivity contribution in [2.75, 3.05) is 0 Å². The molecule has 0 aliphatic carbocycles. The van der Waals surface area contributed by atoms with Gasteiger partial charge in [0, 0.05) is 42.1 Å². The number of rotatable bonds is 6. The molecule has 0 aliphatic rings. The first-order valence-electron chi connectivity index (χ1n) is 10.9. The third-order valence-corrected chi connectivity index (χ3v) is 5.01. The van der Waals surface area contributed by atoms with Gasteiger partial charge in [-0.25, -0.2) is 14.8 Å². The number of fused-ring (bicyclic) bond motifs is 1. The SMILES string of the molecule is CC(CCCn1ccc2cc(-c3ncc(C(F)(F)F)cn3)ccc2c1=O)NC(=O)OC(C)(C)C. The molecular formula is C24H27F3N4O3. The van der Waals surface area contributed by atoms with Crippen molar-refractivity contribution in [3.63, 3.8) is 0 Å². The Balaban J connectivity index is 1.66. The summed E-state index contributed by atoms with van der Waals surface area (Å²) in [5, 5.41) is 3.90. The number of alkyl carbamates (subject to hydrolysis) is 1. The quantitative estimate of drug-likeness (QED) is 0.530. The monoisotopic (exact) mass is 476 g/mol. The Kier molecular flexibility index (Phi) is 7.28. The summed E-state index contributed by atoms with van der Waals surface area (Å²) in [5.41, 5.74) is -1.15. The summed E-state index contributed by atoms with van der Waals surface area (Å²) in [6.45, 7) is 7.73. The number of pyridine rings is 1. The molecule has 0 saturated carbocycles. The van der Waals surface area contributed by atoms with E-state index in [1.165, 1.54) is 0 Å². The van der Waals surface area contributed by atoms with Crippen LogP contribution in [0.1, 0.15) is 46.1 Å². The lowest BCUT2D eigenvalue weighted by Crippen LogP contribution is -2.37. The summed E-state index contributed by atoms with van der Waals surface area (Å²) in [4.78, 5) is 32.3. The number of alkyl halides is 3. The van der Waals surface area contributed by atoms with E-state index in [0.717, 1.165) is 12.4 Å². The Morgan fingerprint density at radius 3 is 2.44 bits per heavy atom. The van der Waals surface area contributed by atoms with Crippen LogP contribution in [-0.4, -0.2) is 32.3 Å². The molecule has 2 aromatic heterocycles. The van der Waals surface area contributed by atoms with Crippen molar-refractivity contribution in [3.8, 4) is 11.4 Å². The molecule has 3 rings (SSSR count). The van der Waals surface area contributed by atoms with Gasteiger partial charge in [-0.3, -0.25) is 4.79 Å². The van der Waals surface area contributed by atoms with Crippen LogP contribution in [0.25, 0.3) is 22.2 Å². The molecule has 0 radical (unpaired) electrons. The molecule has 182 valence electrons. The Labute approximate surface area is 195 Å². The van der Waals surface area contributed by atoms with Crippen molar-refractivity contribution in [1.82, 2.24) is 19.9 Å². The molecule has 0 spiro atoms. The minimum Gasteiger partial charge on any atom is -0.444 e. The number of nitrogens with one attached hydrogen (secondary N) is 1. The van der Waals surface area contributed by atoms with Crippen molar-refractivity contribution in [1.29, 1.82) is 0 Å². The molecule has 1 atom stereocenters. The molecule has 1 amide bonds. The zero-order valence-corrected chi connectivity index (χ0v) is 19.4. The summed E-state index contributed by atoms with van der Waals surface area (Å²) in [7, 11) is 0. The lowest BCUT2D eigenvalue weighted by molar-refractivity contribution is -0.138. The number of carbonyl (C=O) groups is 1. The molecule has 3 aromatic rings. The van der Waals surface area contributed by atoms with E-state index in [2.05, 4.69) is 15.3 Å². The van der Waals surface area contributed by atoms with Gasteiger partial charge in [0.2, 0.25) is 0 Å². The summed E-state index contributed by atoms with van der Waals surface area (Å²) in [6, 6.07) is 6.57. The number of ether oxygens (including phenoxy) is 1. The Morgan fingerprint density at radius 2 is 1.82 bits per heavy atom. The van der Waals surface area contributed by atoms with E-state index in [4.69, 9.17) is 4.74 Å². The fraction of sp³-hybridized carbons (Fsp3) is 0.417. The molecule has 0 fully saturated rings. The first-order chi connectivity index (χ1) is 15.8. The number of carbonyl (C=O) groups excluding carboxylic acids is 1. The lowest BCUT2D eigenvalue weighted by atomic mass is 10.1. The van der Waals surface area contributed by atoms with E-state index >= 15 is 0 Å². The van der Waals surface area contributed by atoms with E-state index in [1.807, 2.05) is 6.92 Å². The van der Waals surface area contributed by atoms with Crippen molar-refractivity contribution in [3.05, 3.63) is 58.8 Å². The number of hydrogen-bond donors (Lipinski definition) is 1. The largest absolute Gasteiger partial charge is 0.444 e. The van der Waals surface area contributed by atoms with Crippen LogP contribution >= 0.6 is 0 Å². The van der Waals surface area contributed by atoms with Crippen LogP contribution in [0.2, 0.25) is 0 Å². The number of aryl methyl sites for hydroxylation is 1. The third-order valence-electron chi connectivity index (χ3n) is 5.01. The highest BCUT2D eigenvalue weighted by Gasteiger charge is 2.31. The van der Waals surface area contributed by atoms with Crippen molar-refractivity contribution < 1.29 is 22.7 Å². The fourth-order valence-corrected chi connectivity index (χ4v) is 3.38. The van der Waals surface area contributed by atoms with Gasteiger partial charge in [0.25, 0.3) is 5.56 Å². The van der Waals surface area contributed by atoms with Gasteiger partial charge in [0.1, 0.15) is 5.60 Å². The second kappa shape index (κ2) is 9.82. The van der Waals surface area contributed by atoms with Crippen LogP contribution in [0.15, 0.2) is 47.7 Å². The van der Waals surface area contributed by atoms with Gasteiger partial charge >= 0.3 is 12.3 Å². The first-order valence-corrected chi connectivity index (χ1v) is 10.9. The zero-order valence-electron chi connectivity index (χ0n) is 19.4. The molecule has 1 aromatic carbocycles. The number of benzene rings is 1. The summed E-state index contributed by atoms with van der Waals surface area (Å²) < 4.78 is 45.0. The zero-order chi connectivity index (χ0) is 25.1. The average molecular weight is 476 g/mol. The second-order valence-electron chi connectivity index (χ2n) is 9.10. The number of hydrogen-bond acceptors (Lipinski definition) is 5. The molecule has 1 unspecified atom stereocenters. The van der Waals surface area contributed by atoms with Gasteiger partial charge in [0.15, 0.2) is 5.82 Å². The van der Waals surface area contributed by atoms with E-state index in [1.54, 1.807) is 55.8 Å². The van der Waals surface area contributed by atoms with E-state index in [9.17, 15) is 22.8 Å². The fourth-order valence-electron chi connectivity index (χ4n) is 3.38. The minimum atomic E-state index is -4.50. The third kappa shape index (κ3) is 6.55. The maximum Gasteiger partial charge on any atom is 0.419 e. The standard InChI is InChI=1S/C24H27F3N4O3/c1-15(30-22(33)34-23(2,3)4)6-5-10-31-11-9-16-12-17(7-8-19(16)21(31)32)20-28-13-18(14-29-20)24(25,26)27/h7-9,11-15H,5-6,10H2,1-4H3,(H,30,33). The molecule has 7 nitrogen and oxygen atoms in total. The number of amides is 1. The predicted molar refractivity (Wildman–Crippen MR) is 122 cm³/mol. The van der Waals surface area contributed by atoms with Gasteiger partial charge in [0.05, 0.1) is 5.56 Å². The van der Waals surface area contributed by atoms with Crippen LogP contribution in [0.5, 0.6) is 0 Å². The topological polar surface area (TPSA) is 86.1 Å². The lowest BCUT2D eigenvalue weighted by Gasteiger charge is -2.22. The van der Waals surface area contributed by atoms with Gasteiger partial charge in [-0.2, -0.15) is 13.2 Å². The Morgan fingerprint density at radius 1 is 1.15 bits per heavy atom. The van der Waals surface area contributed by atoms with Crippen LogP contribution in [0.4, 0.5) is 18.0 Å². The smallest absolute Gasteiger partial charge is 0.419 e. The summed E-state index contributed by atoms with van der Waals surface area (Å²) in [6.07, 6.45) is -0.499. The minimum absolute atomic E-state index is 0.114. The summed E-state index contributed by atoms with van der Waals surface area (Å²) >= 11 is 0. The maximum atomic E-state index is 12.9. The van der Waals surface area contributed by atoms with Gasteiger partial charge in [-0.1, -0.05) is 6.07 Å². The highest BCUT2D eigenvalue weighted by molar-refractivity contribution is 5.85. The molecule has 0 aliphatic heterocycles. The summed E-state index contributed by atoms with van der Waals surface area (Å²) in [5.74, 6) is 0.144. The average Bonchev–Trinajstić information content (AvgIpc) is 2.73. The molecule has 0 bridgehead atoms. The molecule has 1 N–H and O–H groups in total. The normalized spacial score (nSPS) is 13.0. The van der Waals surface area contributed by atoms with Crippen LogP contribution in [-0.2, 0) is 17.5 Å². The Bertz CT molecular complexity index is 1220.